The number of nitrogens with zero attached hydrogens (tertiary/aromatic N) is 1. The van der Waals surface area contributed by atoms with Crippen molar-refractivity contribution in [3.05, 3.63) is 0 Å². The molecule has 0 heterocycles. The zero-order valence-electron chi connectivity index (χ0n) is 15.6. The summed E-state index contributed by atoms with van der Waals surface area (Å²) in [6, 6.07) is -7.23. The molecule has 35 heavy (non-hydrogen) atoms. The fraction of sp³-hybridized carbons (Fsp3) is 0.923. The van der Waals surface area contributed by atoms with Gasteiger partial charge in [0.2, 0.25) is 6.08 Å². The minimum atomic E-state index is -9.10. The molecule has 0 atom stereocenters. The van der Waals surface area contributed by atoms with Gasteiger partial charge in [-0.2, -0.15) is 87.8 Å². The van der Waals surface area contributed by atoms with E-state index in [0.717, 1.165) is 0 Å². The van der Waals surface area contributed by atoms with E-state index < -0.39 is 71.8 Å². The van der Waals surface area contributed by atoms with Crippen LogP contribution in [-0.2, 0) is 4.79 Å². The number of rotatable bonds is 11. The van der Waals surface area contributed by atoms with Crippen molar-refractivity contribution in [3.63, 3.8) is 0 Å². The van der Waals surface area contributed by atoms with Crippen LogP contribution >= 0.6 is 0 Å². The Hall–Kier alpha value is -2.02. The Labute approximate surface area is 177 Å². The van der Waals surface area contributed by atoms with Crippen LogP contribution in [0.15, 0.2) is 4.99 Å². The molecule has 0 aromatic heterocycles. The van der Waals surface area contributed by atoms with Crippen LogP contribution in [0.5, 0.6) is 0 Å². The van der Waals surface area contributed by atoms with Gasteiger partial charge in [-0.25, -0.2) is 4.79 Å². The maximum atomic E-state index is 13.5. The Kier molecular flexibility index (Phi) is 7.78. The first-order valence-electron chi connectivity index (χ1n) is 7.74. The lowest BCUT2D eigenvalue weighted by Crippen LogP contribution is -2.76. The highest BCUT2D eigenvalue weighted by molar-refractivity contribution is 5.34. The molecule has 22 heteroatoms. The van der Waals surface area contributed by atoms with Crippen LogP contribution in [0.25, 0.3) is 0 Å². The van der Waals surface area contributed by atoms with Crippen molar-refractivity contribution < 1.29 is 92.6 Å². The highest BCUT2D eigenvalue weighted by Crippen LogP contribution is 2.66. The van der Waals surface area contributed by atoms with E-state index in [1.165, 1.54) is 0 Å². The number of aliphatic imine (C=N–C) groups is 1. The van der Waals surface area contributed by atoms with Crippen molar-refractivity contribution in [2.45, 2.75) is 72.7 Å². The summed E-state index contributed by atoms with van der Waals surface area (Å²) in [5, 5.41) is 0. The molecule has 0 aromatic rings. The molecule has 0 saturated carbocycles. The first-order valence-corrected chi connectivity index (χ1v) is 7.74. The predicted molar refractivity (Wildman–Crippen MR) is 67.9 cm³/mol. The summed E-state index contributed by atoms with van der Waals surface area (Å²) >= 11 is 0. The molecule has 208 valence electrons. The highest BCUT2D eigenvalue weighted by atomic mass is 19.4. The minimum absolute atomic E-state index is 0.187. The average molecular weight is 571 g/mol. The Balaban J connectivity index is 7.13. The van der Waals surface area contributed by atoms with Crippen molar-refractivity contribution in [2.24, 2.45) is 4.99 Å². The van der Waals surface area contributed by atoms with E-state index in [2.05, 4.69) is 0 Å². The number of carbonyl (C=O) groups excluding carboxylic acids is 1. The van der Waals surface area contributed by atoms with Gasteiger partial charge in [0.05, 0.1) is 0 Å². The minimum Gasteiger partial charge on any atom is -0.211 e. The fourth-order valence-corrected chi connectivity index (χ4v) is 1.95. The Morgan fingerprint density at radius 2 is 0.686 bits per heavy atom. The van der Waals surface area contributed by atoms with Gasteiger partial charge < -0.3 is 0 Å². The van der Waals surface area contributed by atoms with Gasteiger partial charge in [-0.1, -0.05) is 6.92 Å². The molecule has 0 radical (unpaired) electrons. The smallest absolute Gasteiger partial charge is 0.211 e. The van der Waals surface area contributed by atoms with Crippen LogP contribution in [-0.4, -0.2) is 65.4 Å². The molecule has 0 bridgehead atoms. The lowest BCUT2D eigenvalue weighted by Gasteiger charge is -2.44. The van der Waals surface area contributed by atoms with Crippen molar-refractivity contribution in [1.29, 1.82) is 0 Å². The Bertz CT molecular complexity index is 838. The lowest BCUT2D eigenvalue weighted by atomic mass is 9.85. The predicted octanol–water partition coefficient (Wildman–Crippen LogP) is 7.04. The molecule has 0 rings (SSSR count). The van der Waals surface area contributed by atoms with E-state index in [4.69, 9.17) is 0 Å². The van der Waals surface area contributed by atoms with Gasteiger partial charge in [-0.3, -0.25) is 0 Å². The molecule has 0 N–H and O–H groups in total. The second-order valence-electron chi connectivity index (χ2n) is 6.40. The monoisotopic (exact) mass is 571 g/mol. The first-order chi connectivity index (χ1) is 14.9. The topological polar surface area (TPSA) is 29.4 Å². The molecule has 0 aliphatic rings. The Morgan fingerprint density at radius 3 is 0.914 bits per heavy atom. The average Bonchev–Trinajstić information content (AvgIpc) is 2.66. The molecule has 0 unspecified atom stereocenters. The van der Waals surface area contributed by atoms with Crippen LogP contribution < -0.4 is 0 Å². The molecule has 0 aliphatic heterocycles. The second kappa shape index (κ2) is 8.25. The van der Waals surface area contributed by atoms with Crippen LogP contribution in [0.3, 0.4) is 0 Å². The standard InChI is InChI=1S/C13H5F20NO/c1-2-4(14,15)5(16,17)6(18,19)7(20,21)8(22,23)9(24,25)10(26,27)11(28,29)12(30,31)13(32,33)34-3-35/h2H2,1H3. The molecular weight excluding hydrogens is 566 g/mol. The van der Waals surface area contributed by atoms with E-state index in [0.29, 0.717) is 4.99 Å². The maximum Gasteiger partial charge on any atom is 0.421 e. The van der Waals surface area contributed by atoms with E-state index in [9.17, 15) is 92.6 Å². The summed E-state index contributed by atoms with van der Waals surface area (Å²) in [5.74, 6) is -75.7. The maximum absolute atomic E-state index is 13.5. The molecule has 0 fully saturated rings. The van der Waals surface area contributed by atoms with Gasteiger partial charge in [0.25, 0.3) is 0 Å². The zero-order valence-corrected chi connectivity index (χ0v) is 15.6. The fourth-order valence-electron chi connectivity index (χ4n) is 1.95. The normalized spacial score (nSPS) is 16.3. The van der Waals surface area contributed by atoms with Gasteiger partial charge >= 0.3 is 59.3 Å². The summed E-state index contributed by atoms with van der Waals surface area (Å²) in [5.41, 5.74) is 0. The SMILES string of the molecule is CCC(F)(F)C(F)(F)C(F)(F)C(F)(F)C(F)(F)C(F)(F)C(F)(F)C(F)(F)C(F)(F)C(F)(F)N=C=O. The van der Waals surface area contributed by atoms with Crippen LogP contribution in [0.2, 0.25) is 0 Å². The molecule has 0 aromatic carbocycles. The molecule has 2 nitrogen and oxygen atoms in total. The largest absolute Gasteiger partial charge is 0.421 e. The second-order valence-corrected chi connectivity index (χ2v) is 6.40. The molecule has 0 saturated heterocycles. The first kappa shape index (κ1) is 33.0. The van der Waals surface area contributed by atoms with E-state index in [-0.39, 0.29) is 6.92 Å². The number of isocyanates is 1. The van der Waals surface area contributed by atoms with Crippen molar-refractivity contribution in [1.82, 2.24) is 0 Å². The van der Waals surface area contributed by atoms with E-state index in [1.54, 1.807) is 0 Å². The lowest BCUT2D eigenvalue weighted by molar-refractivity contribution is -0.468. The summed E-state index contributed by atoms with van der Waals surface area (Å²) in [4.78, 5) is 10.0. The van der Waals surface area contributed by atoms with Gasteiger partial charge in [-0.05, 0) is 0 Å². The summed E-state index contributed by atoms with van der Waals surface area (Å²) in [6.45, 7) is -0.187. The quantitative estimate of drug-likeness (QED) is 0.113. The third-order valence-electron chi connectivity index (χ3n) is 4.23. The van der Waals surface area contributed by atoms with Gasteiger partial charge in [-0.15, -0.1) is 4.99 Å². The molecule has 0 spiro atoms. The summed E-state index contributed by atoms with van der Waals surface area (Å²) in [7, 11) is 0. The third kappa shape index (κ3) is 3.89. The van der Waals surface area contributed by atoms with Gasteiger partial charge in [0.1, 0.15) is 0 Å². The van der Waals surface area contributed by atoms with Crippen molar-refractivity contribution >= 4 is 6.08 Å². The molecular formula is C13H5F20NO. The van der Waals surface area contributed by atoms with Crippen molar-refractivity contribution in [3.8, 4) is 0 Å². The molecule has 0 amide bonds. The number of hydrogen-bond donors (Lipinski definition) is 0. The van der Waals surface area contributed by atoms with Gasteiger partial charge in [0.15, 0.2) is 0 Å². The van der Waals surface area contributed by atoms with E-state index >= 15 is 0 Å². The van der Waals surface area contributed by atoms with Gasteiger partial charge in [0, 0.05) is 6.42 Å². The Morgan fingerprint density at radius 1 is 0.457 bits per heavy atom. The summed E-state index contributed by atoms with van der Waals surface area (Å²) in [6.07, 6.45) is -3.28. The highest BCUT2D eigenvalue weighted by Gasteiger charge is 2.97. The number of hydrogen-bond acceptors (Lipinski definition) is 2. The van der Waals surface area contributed by atoms with E-state index in [1.807, 2.05) is 0 Å². The summed E-state index contributed by atoms with van der Waals surface area (Å²) < 4.78 is 265. The van der Waals surface area contributed by atoms with Crippen LogP contribution in [0.1, 0.15) is 13.3 Å². The zero-order chi connectivity index (χ0) is 29.1. The number of halogens is 20. The molecule has 0 aliphatic carbocycles. The number of alkyl halides is 20. The van der Waals surface area contributed by atoms with Crippen LogP contribution in [0, 0.1) is 0 Å². The van der Waals surface area contributed by atoms with Crippen molar-refractivity contribution in [2.75, 3.05) is 0 Å². The third-order valence-corrected chi connectivity index (χ3v) is 4.23. The van der Waals surface area contributed by atoms with Crippen LogP contribution in [0.4, 0.5) is 87.8 Å².